The summed E-state index contributed by atoms with van der Waals surface area (Å²) in [6.07, 6.45) is 30.1. The Kier molecular flexibility index (Phi) is 25.9. The van der Waals surface area contributed by atoms with E-state index in [-0.39, 0.29) is 18.1 Å². The number of aliphatic hydroxyl groups is 2. The average Bonchev–Trinajstić information content (AvgIpc) is 3.02. The van der Waals surface area contributed by atoms with Crippen LogP contribution in [0.4, 0.5) is 4.79 Å². The molecule has 0 rings (SSSR count). The number of rotatable bonds is 26. The molecule has 0 aromatic heterocycles. The van der Waals surface area contributed by atoms with Gasteiger partial charge in [-0.05, 0) is 58.8 Å². The van der Waals surface area contributed by atoms with E-state index in [1.54, 1.807) is 13.8 Å². The molecule has 13 heteroatoms. The fraction of sp³-hybridized carbons (Fsp3) is 0.529. The second-order valence-corrected chi connectivity index (χ2v) is 13.9. The van der Waals surface area contributed by atoms with Crippen LogP contribution in [0.25, 0.3) is 0 Å². The maximum atomic E-state index is 12.7. The van der Waals surface area contributed by atoms with E-state index in [1.165, 1.54) is 0 Å². The first kappa shape index (κ1) is 43.7. The van der Waals surface area contributed by atoms with Crippen molar-refractivity contribution in [2.75, 3.05) is 19.0 Å². The Bertz CT molecular complexity index is 1100. The van der Waals surface area contributed by atoms with Gasteiger partial charge in [0.2, 0.25) is 17.7 Å². The van der Waals surface area contributed by atoms with E-state index in [0.717, 1.165) is 60.1 Å². The zero-order valence-corrected chi connectivity index (χ0v) is 29.4. The summed E-state index contributed by atoms with van der Waals surface area (Å²) in [6.45, 7) is 4.33. The van der Waals surface area contributed by atoms with Crippen molar-refractivity contribution in [3.8, 4) is 0 Å². The van der Waals surface area contributed by atoms with Gasteiger partial charge >= 0.3 is 6.09 Å². The van der Waals surface area contributed by atoms with Crippen LogP contribution in [0.3, 0.4) is 0 Å². The van der Waals surface area contributed by atoms with Gasteiger partial charge in [-0.3, -0.25) is 14.4 Å². The molecule has 0 unspecified atom stereocenters. The Morgan fingerprint density at radius 2 is 1.21 bits per heavy atom. The van der Waals surface area contributed by atoms with E-state index in [9.17, 15) is 34.5 Å². The number of allylic oxidation sites excluding steroid dienone is 12. The molecule has 0 aromatic carbocycles. The Hall–Kier alpha value is -3.26. The third-order valence-electron chi connectivity index (χ3n) is 6.33. The summed E-state index contributed by atoms with van der Waals surface area (Å²) < 4.78 is -1.02. The lowest BCUT2D eigenvalue weighted by Gasteiger charge is -2.33. The average molecular weight is 695 g/mol. The minimum atomic E-state index is -1.43. The van der Waals surface area contributed by atoms with Gasteiger partial charge in [0, 0.05) is 12.2 Å². The molecule has 0 aromatic rings. The number of carbonyl (C=O) groups is 4. The third kappa shape index (κ3) is 23.7. The van der Waals surface area contributed by atoms with Crippen LogP contribution in [-0.4, -0.2) is 81.0 Å². The highest BCUT2D eigenvalue weighted by Gasteiger charge is 2.38. The molecule has 2 atom stereocenters. The number of primary amides is 1. The minimum absolute atomic E-state index is 0.0897. The molecule has 0 aliphatic carbocycles. The number of aliphatic hydroxyl groups excluding tert-OH is 2. The first-order chi connectivity index (χ1) is 22.5. The molecule has 4 amide bonds. The lowest BCUT2D eigenvalue weighted by Crippen LogP contribution is -2.58. The molecule has 0 fully saturated rings. The van der Waals surface area contributed by atoms with Crippen molar-refractivity contribution in [1.82, 2.24) is 16.0 Å². The lowest BCUT2D eigenvalue weighted by molar-refractivity contribution is -0.126. The predicted molar refractivity (Wildman–Crippen MR) is 194 cm³/mol. The quantitative estimate of drug-likeness (QED) is 0.0497. The molecule has 0 spiro atoms. The van der Waals surface area contributed by atoms with Gasteiger partial charge < -0.3 is 37.0 Å². The molecule has 264 valence electrons. The van der Waals surface area contributed by atoms with Crippen molar-refractivity contribution in [2.45, 2.75) is 95.0 Å². The fourth-order valence-electron chi connectivity index (χ4n) is 3.73. The maximum absolute atomic E-state index is 12.7. The minimum Gasteiger partial charge on any atom is -0.465 e. The van der Waals surface area contributed by atoms with E-state index in [2.05, 4.69) is 83.6 Å². The second kappa shape index (κ2) is 27.8. The monoisotopic (exact) mass is 694 g/mol. The molecule has 0 aliphatic rings. The number of amides is 4. The Balaban J connectivity index is 4.47. The van der Waals surface area contributed by atoms with E-state index >= 15 is 0 Å². The lowest BCUT2D eigenvalue weighted by atomic mass is 10.0. The molecular formula is C34H54N4O7S2. The van der Waals surface area contributed by atoms with E-state index in [1.807, 2.05) is 12.2 Å². The second-order valence-electron chi connectivity index (χ2n) is 10.9. The topological polar surface area (TPSA) is 191 Å². The van der Waals surface area contributed by atoms with Gasteiger partial charge in [-0.25, -0.2) is 4.79 Å². The van der Waals surface area contributed by atoms with Crippen LogP contribution in [0.1, 0.15) is 72.1 Å². The standard InChI is InChI=1S/C34H54N4O7S2/c1-4-5-6-7-8-9-10-11-12-13-14-15-16-17-18-19-20-21-22-23-29(41)37-28(31(35)42)26-46-47-34(2,3)30(38-33(44)45)32(43)36-27(24-39)25-40/h5-6,8-9,11-12,14-15,17-18,20-21,27-28,30,38-40H,4,7,10,13,16,19,22-26H2,1-3H3,(H2,35,42)(H,36,43)(H,37,41)(H,44,45)/b6-5-,9-8-,12-11-,15-14-,18-17-,21-20-/t28-,30+/m0/s1. The van der Waals surface area contributed by atoms with Gasteiger partial charge in [-0.15, -0.1) is 0 Å². The van der Waals surface area contributed by atoms with Crippen molar-refractivity contribution in [3.63, 3.8) is 0 Å². The van der Waals surface area contributed by atoms with Crippen LogP contribution in [0, 0.1) is 0 Å². The van der Waals surface area contributed by atoms with E-state index in [4.69, 9.17) is 5.73 Å². The maximum Gasteiger partial charge on any atom is 0.405 e. The zero-order valence-electron chi connectivity index (χ0n) is 27.8. The SMILES string of the molecule is CC/C=C\C/C=C\C/C=C\C/C=C\C/C=C\C/C=C\CCC(=O)N[C@@H](CSSC(C)(C)[C@H](NC(=O)O)C(=O)NC(CO)CO)C(N)=O. The third-order valence-corrected chi connectivity index (χ3v) is 9.64. The molecule has 0 bridgehead atoms. The van der Waals surface area contributed by atoms with Crippen LogP contribution >= 0.6 is 21.6 Å². The number of nitrogens with two attached hydrogens (primary N) is 1. The summed E-state index contributed by atoms with van der Waals surface area (Å²) in [5, 5.41) is 34.9. The number of nitrogens with one attached hydrogen (secondary N) is 3. The predicted octanol–water partition coefficient (Wildman–Crippen LogP) is 4.70. The van der Waals surface area contributed by atoms with E-state index in [0.29, 0.717) is 6.42 Å². The molecule has 0 aliphatic heterocycles. The number of carbonyl (C=O) groups excluding carboxylic acids is 3. The smallest absolute Gasteiger partial charge is 0.405 e. The first-order valence-electron chi connectivity index (χ1n) is 15.8. The van der Waals surface area contributed by atoms with Crippen LogP contribution < -0.4 is 21.7 Å². The number of hydrogen-bond donors (Lipinski definition) is 7. The number of hydrogen-bond acceptors (Lipinski definition) is 8. The molecule has 47 heavy (non-hydrogen) atoms. The summed E-state index contributed by atoms with van der Waals surface area (Å²) in [7, 11) is 2.28. The Morgan fingerprint density at radius 3 is 1.64 bits per heavy atom. The van der Waals surface area contributed by atoms with Crippen molar-refractivity contribution >= 4 is 45.4 Å². The highest BCUT2D eigenvalue weighted by molar-refractivity contribution is 8.77. The molecule has 8 N–H and O–H groups in total. The molecule has 0 heterocycles. The van der Waals surface area contributed by atoms with Crippen molar-refractivity contribution < 1.29 is 34.5 Å². The highest BCUT2D eigenvalue weighted by Crippen LogP contribution is 2.38. The van der Waals surface area contributed by atoms with Crippen molar-refractivity contribution in [2.24, 2.45) is 5.73 Å². The normalized spacial score (nSPS) is 13.9. The van der Waals surface area contributed by atoms with Crippen LogP contribution in [0.2, 0.25) is 0 Å². The van der Waals surface area contributed by atoms with Crippen molar-refractivity contribution in [1.29, 1.82) is 0 Å². The van der Waals surface area contributed by atoms with E-state index < -0.39 is 54.0 Å². The van der Waals surface area contributed by atoms with Gasteiger partial charge in [0.15, 0.2) is 0 Å². The first-order valence-corrected chi connectivity index (χ1v) is 18.1. The van der Waals surface area contributed by atoms with Crippen molar-refractivity contribution in [3.05, 3.63) is 72.9 Å². The summed E-state index contributed by atoms with van der Waals surface area (Å²) >= 11 is 0. The molecule has 0 saturated heterocycles. The van der Waals surface area contributed by atoms with Gasteiger partial charge in [0.05, 0.1) is 24.0 Å². The van der Waals surface area contributed by atoms with Gasteiger partial charge in [0.1, 0.15) is 12.1 Å². The zero-order chi connectivity index (χ0) is 35.3. The van der Waals surface area contributed by atoms with Gasteiger partial charge in [-0.1, -0.05) is 101 Å². The Labute approximate surface area is 287 Å². The summed E-state index contributed by atoms with van der Waals surface area (Å²) in [4.78, 5) is 48.4. The highest BCUT2D eigenvalue weighted by atomic mass is 33.1. The summed E-state index contributed by atoms with van der Waals surface area (Å²) in [6, 6.07) is -3.16. The fourth-order valence-corrected chi connectivity index (χ4v) is 6.56. The largest absolute Gasteiger partial charge is 0.465 e. The molecular weight excluding hydrogens is 641 g/mol. The van der Waals surface area contributed by atoms with Crippen LogP contribution in [0.5, 0.6) is 0 Å². The Morgan fingerprint density at radius 1 is 0.745 bits per heavy atom. The summed E-state index contributed by atoms with van der Waals surface area (Å²) in [5.74, 6) is -1.69. The van der Waals surface area contributed by atoms with Gasteiger partial charge in [0.25, 0.3) is 0 Å². The molecule has 0 saturated carbocycles. The number of carboxylic acid groups (broad SMARTS) is 1. The molecule has 11 nitrogen and oxygen atoms in total. The summed E-state index contributed by atoms with van der Waals surface area (Å²) in [5.41, 5.74) is 5.49. The molecule has 0 radical (unpaired) electrons. The van der Waals surface area contributed by atoms with Gasteiger partial charge in [-0.2, -0.15) is 0 Å². The van der Waals surface area contributed by atoms with Crippen LogP contribution in [0.15, 0.2) is 72.9 Å². The van der Waals surface area contributed by atoms with Crippen LogP contribution in [-0.2, 0) is 14.4 Å².